The molecule has 0 aliphatic carbocycles. The van der Waals surface area contributed by atoms with Gasteiger partial charge in [0.15, 0.2) is 11.5 Å². The van der Waals surface area contributed by atoms with Gasteiger partial charge in [-0.05, 0) is 45.2 Å². The van der Waals surface area contributed by atoms with Crippen LogP contribution >= 0.6 is 0 Å². The lowest BCUT2D eigenvalue weighted by Crippen LogP contribution is -2.44. The fourth-order valence-corrected chi connectivity index (χ4v) is 4.86. The highest BCUT2D eigenvalue weighted by Crippen LogP contribution is 2.34. The molecule has 2 aromatic rings. The molecule has 3 heterocycles. The van der Waals surface area contributed by atoms with Gasteiger partial charge in [-0.2, -0.15) is 0 Å². The van der Waals surface area contributed by atoms with Crippen LogP contribution in [-0.2, 0) is 11.3 Å². The summed E-state index contributed by atoms with van der Waals surface area (Å²) in [4.78, 5) is 18.1. The molecule has 1 aromatic heterocycles. The van der Waals surface area contributed by atoms with E-state index in [9.17, 15) is 4.79 Å². The monoisotopic (exact) mass is 471 g/mol. The van der Waals surface area contributed by atoms with Crippen LogP contribution in [0.2, 0.25) is 0 Å². The predicted molar refractivity (Wildman–Crippen MR) is 129 cm³/mol. The van der Waals surface area contributed by atoms with E-state index in [0.29, 0.717) is 50.8 Å². The highest BCUT2D eigenvalue weighted by Gasteiger charge is 2.32. The molecular formula is C26H37N3O5. The Kier molecular flexibility index (Phi) is 8.11. The Balaban J connectivity index is 1.60. The van der Waals surface area contributed by atoms with Gasteiger partial charge in [0.25, 0.3) is 5.91 Å². The molecule has 0 bridgehead atoms. The van der Waals surface area contributed by atoms with Gasteiger partial charge in [0.1, 0.15) is 17.9 Å². The van der Waals surface area contributed by atoms with Gasteiger partial charge < -0.3 is 23.6 Å². The average Bonchev–Trinajstić information content (AvgIpc) is 3.42. The van der Waals surface area contributed by atoms with Crippen molar-refractivity contribution in [2.45, 2.75) is 59.0 Å². The fraction of sp³-hybridized carbons (Fsp3) is 0.615. The summed E-state index contributed by atoms with van der Waals surface area (Å²) in [5.74, 6) is 2.23. The predicted octanol–water partition coefficient (Wildman–Crippen LogP) is 4.02. The van der Waals surface area contributed by atoms with Gasteiger partial charge in [-0.1, -0.05) is 31.1 Å². The maximum absolute atomic E-state index is 13.7. The Hall–Kier alpha value is -2.58. The SMILES string of the molecule is CCOc1cccc2c1OCCOCCN(C(=O)c1c(C(C)C)noc1C)C[C@@H]1CCCN1C2. The number of nitrogens with zero attached hydrogens (tertiary/aromatic N) is 3. The summed E-state index contributed by atoms with van der Waals surface area (Å²) in [6, 6.07) is 6.34. The number of hydrogen-bond acceptors (Lipinski definition) is 7. The largest absolute Gasteiger partial charge is 0.490 e. The molecule has 2 aliphatic heterocycles. The summed E-state index contributed by atoms with van der Waals surface area (Å²) in [6.45, 7) is 12.7. The van der Waals surface area contributed by atoms with E-state index < -0.39 is 0 Å². The van der Waals surface area contributed by atoms with Crippen LogP contribution in [0.5, 0.6) is 11.5 Å². The fourth-order valence-electron chi connectivity index (χ4n) is 4.86. The Morgan fingerprint density at radius 1 is 1.24 bits per heavy atom. The third-order valence-corrected chi connectivity index (χ3v) is 6.58. The van der Waals surface area contributed by atoms with Gasteiger partial charge in [-0.25, -0.2) is 0 Å². The normalized spacial score (nSPS) is 20.0. The zero-order valence-electron chi connectivity index (χ0n) is 20.8. The van der Waals surface area contributed by atoms with Crippen LogP contribution < -0.4 is 9.47 Å². The number of ether oxygens (including phenoxy) is 3. The lowest BCUT2D eigenvalue weighted by molar-refractivity contribution is 0.0536. The van der Waals surface area contributed by atoms with Crippen molar-refractivity contribution in [2.75, 3.05) is 46.1 Å². The molecule has 2 aliphatic rings. The molecule has 0 spiro atoms. The second-order valence-corrected chi connectivity index (χ2v) is 9.31. The van der Waals surface area contributed by atoms with Crippen LogP contribution in [0.25, 0.3) is 0 Å². The third kappa shape index (κ3) is 5.39. The summed E-state index contributed by atoms with van der Waals surface area (Å²) in [5.41, 5.74) is 2.42. The van der Waals surface area contributed by atoms with Gasteiger partial charge in [0.05, 0.1) is 25.5 Å². The standard InChI is InChI=1S/C26H37N3O5/c1-5-32-22-10-6-8-20-16-28-11-7-9-21(28)17-29(12-13-31-14-15-33-25(20)22)26(30)23-19(4)34-27-24(23)18(2)3/h6,8,10,18,21H,5,7,9,11-17H2,1-4H3/t21-/m0/s1. The second kappa shape index (κ2) is 11.2. The number of carbonyl (C=O) groups is 1. The first-order valence-electron chi connectivity index (χ1n) is 12.4. The van der Waals surface area contributed by atoms with E-state index in [2.05, 4.69) is 16.1 Å². The van der Waals surface area contributed by atoms with Crippen LogP contribution in [0.4, 0.5) is 0 Å². The molecule has 0 unspecified atom stereocenters. The van der Waals surface area contributed by atoms with E-state index in [1.165, 1.54) is 0 Å². The molecule has 1 saturated heterocycles. The molecule has 4 rings (SSSR count). The van der Waals surface area contributed by atoms with Crippen molar-refractivity contribution in [1.82, 2.24) is 15.0 Å². The van der Waals surface area contributed by atoms with E-state index in [4.69, 9.17) is 18.7 Å². The Labute approximate surface area is 202 Å². The van der Waals surface area contributed by atoms with Gasteiger partial charge in [0, 0.05) is 31.2 Å². The molecule has 1 fully saturated rings. The number of benzene rings is 1. The lowest BCUT2D eigenvalue weighted by atomic mass is 10.0. The second-order valence-electron chi connectivity index (χ2n) is 9.31. The van der Waals surface area contributed by atoms with Crippen molar-refractivity contribution in [3.8, 4) is 11.5 Å². The van der Waals surface area contributed by atoms with Crippen LogP contribution in [0.3, 0.4) is 0 Å². The maximum atomic E-state index is 13.7. The van der Waals surface area contributed by atoms with Crippen molar-refractivity contribution in [1.29, 1.82) is 0 Å². The number of rotatable bonds is 4. The van der Waals surface area contributed by atoms with E-state index in [1.807, 2.05) is 44.7 Å². The van der Waals surface area contributed by atoms with E-state index >= 15 is 0 Å². The minimum absolute atomic E-state index is 0.0249. The maximum Gasteiger partial charge on any atom is 0.259 e. The van der Waals surface area contributed by atoms with Crippen molar-refractivity contribution in [3.63, 3.8) is 0 Å². The highest BCUT2D eigenvalue weighted by atomic mass is 16.5. The van der Waals surface area contributed by atoms with E-state index in [-0.39, 0.29) is 17.9 Å². The summed E-state index contributed by atoms with van der Waals surface area (Å²) in [5, 5.41) is 4.17. The number of para-hydroxylation sites is 1. The highest BCUT2D eigenvalue weighted by molar-refractivity contribution is 5.96. The van der Waals surface area contributed by atoms with Crippen LogP contribution in [0, 0.1) is 6.92 Å². The molecular weight excluding hydrogens is 434 g/mol. The summed E-state index contributed by atoms with van der Waals surface area (Å²) in [7, 11) is 0. The zero-order chi connectivity index (χ0) is 24.1. The average molecular weight is 472 g/mol. The Morgan fingerprint density at radius 2 is 2.09 bits per heavy atom. The molecule has 34 heavy (non-hydrogen) atoms. The first-order valence-corrected chi connectivity index (χ1v) is 12.4. The van der Waals surface area contributed by atoms with Gasteiger partial charge >= 0.3 is 0 Å². The molecule has 0 saturated carbocycles. The summed E-state index contributed by atoms with van der Waals surface area (Å²) < 4.78 is 23.3. The summed E-state index contributed by atoms with van der Waals surface area (Å²) in [6.07, 6.45) is 2.15. The number of amides is 1. The number of aromatic nitrogens is 1. The quantitative estimate of drug-likeness (QED) is 0.666. The number of fused-ring (bicyclic) bond motifs is 2. The molecule has 8 nitrogen and oxygen atoms in total. The van der Waals surface area contributed by atoms with E-state index in [1.54, 1.807) is 0 Å². The third-order valence-electron chi connectivity index (χ3n) is 6.58. The first-order chi connectivity index (χ1) is 16.5. The van der Waals surface area contributed by atoms with Crippen LogP contribution in [0.1, 0.15) is 66.9 Å². The smallest absolute Gasteiger partial charge is 0.259 e. The molecule has 0 radical (unpaired) electrons. The Morgan fingerprint density at radius 3 is 2.88 bits per heavy atom. The minimum atomic E-state index is -0.0249. The molecule has 0 N–H and O–H groups in total. The van der Waals surface area contributed by atoms with Crippen molar-refractivity contribution < 1.29 is 23.5 Å². The van der Waals surface area contributed by atoms with Crippen molar-refractivity contribution in [2.24, 2.45) is 0 Å². The minimum Gasteiger partial charge on any atom is -0.490 e. The summed E-state index contributed by atoms with van der Waals surface area (Å²) >= 11 is 0. The van der Waals surface area contributed by atoms with E-state index in [0.717, 1.165) is 48.7 Å². The Bertz CT molecular complexity index is 973. The van der Waals surface area contributed by atoms with Gasteiger partial charge in [-0.15, -0.1) is 0 Å². The zero-order valence-corrected chi connectivity index (χ0v) is 20.8. The van der Waals surface area contributed by atoms with Gasteiger partial charge in [0.2, 0.25) is 0 Å². The lowest BCUT2D eigenvalue weighted by Gasteiger charge is -2.31. The molecule has 1 aromatic carbocycles. The molecule has 8 heteroatoms. The topological polar surface area (TPSA) is 77.3 Å². The van der Waals surface area contributed by atoms with Crippen molar-refractivity contribution >= 4 is 5.91 Å². The molecule has 1 amide bonds. The number of hydrogen-bond donors (Lipinski definition) is 0. The van der Waals surface area contributed by atoms with Gasteiger partial charge in [-0.3, -0.25) is 9.69 Å². The number of carbonyl (C=O) groups excluding carboxylic acids is 1. The molecule has 186 valence electrons. The molecule has 1 atom stereocenters. The van der Waals surface area contributed by atoms with Crippen LogP contribution in [-0.4, -0.2) is 73.0 Å². The first kappa shape index (κ1) is 24.5. The van der Waals surface area contributed by atoms with Crippen LogP contribution in [0.15, 0.2) is 22.7 Å². The number of aryl methyl sites for hydroxylation is 1. The van der Waals surface area contributed by atoms with Crippen molar-refractivity contribution in [3.05, 3.63) is 40.8 Å².